The zero-order valence-electron chi connectivity index (χ0n) is 21.9. The van der Waals surface area contributed by atoms with Crippen LogP contribution in [0.5, 0.6) is 0 Å². The van der Waals surface area contributed by atoms with Crippen molar-refractivity contribution in [2.75, 3.05) is 19.4 Å². The fraction of sp³-hybridized carbons (Fsp3) is 1.00. The zero-order valence-corrected chi connectivity index (χ0v) is 22.8. The summed E-state index contributed by atoms with van der Waals surface area (Å²) >= 11 is 0. The second kappa shape index (κ2) is 28.4. The van der Waals surface area contributed by atoms with Gasteiger partial charge in [0.1, 0.15) is 0 Å². The highest BCUT2D eigenvalue weighted by molar-refractivity contribution is 7.47. The SMILES string of the molecule is CCCCCCCCCCCOP(CCCCCCCCCCC)OCCCCCC. The van der Waals surface area contributed by atoms with Crippen molar-refractivity contribution in [1.82, 2.24) is 0 Å². The van der Waals surface area contributed by atoms with Crippen LogP contribution in [0.2, 0.25) is 0 Å². The molecule has 0 amide bonds. The Hall–Kier alpha value is 0.350. The molecule has 0 aromatic rings. The number of hydrogen-bond acceptors (Lipinski definition) is 2. The van der Waals surface area contributed by atoms with Gasteiger partial charge in [-0.25, -0.2) is 0 Å². The molecule has 31 heavy (non-hydrogen) atoms. The van der Waals surface area contributed by atoms with Gasteiger partial charge in [0.25, 0.3) is 0 Å². The molecule has 0 aliphatic heterocycles. The minimum absolute atomic E-state index is 0.649. The smallest absolute Gasteiger partial charge is 0.170 e. The van der Waals surface area contributed by atoms with Crippen LogP contribution in [-0.4, -0.2) is 19.4 Å². The van der Waals surface area contributed by atoms with E-state index < -0.39 is 8.38 Å². The molecule has 0 saturated carbocycles. The van der Waals surface area contributed by atoms with E-state index in [2.05, 4.69) is 20.8 Å². The summed E-state index contributed by atoms with van der Waals surface area (Å²) in [6.45, 7) is 8.67. The van der Waals surface area contributed by atoms with Gasteiger partial charge in [0, 0.05) is 6.16 Å². The molecule has 0 heterocycles. The van der Waals surface area contributed by atoms with Crippen molar-refractivity contribution >= 4 is 8.38 Å². The van der Waals surface area contributed by atoms with Gasteiger partial charge in [-0.3, -0.25) is 0 Å². The van der Waals surface area contributed by atoms with E-state index in [9.17, 15) is 0 Å². The van der Waals surface area contributed by atoms with Crippen LogP contribution in [0.15, 0.2) is 0 Å². The topological polar surface area (TPSA) is 18.5 Å². The molecule has 0 aliphatic rings. The summed E-state index contributed by atoms with van der Waals surface area (Å²) in [6.07, 6.45) is 31.1. The third kappa shape index (κ3) is 26.5. The average Bonchev–Trinajstić information content (AvgIpc) is 2.78. The van der Waals surface area contributed by atoms with Gasteiger partial charge in [-0.2, -0.15) is 0 Å². The van der Waals surface area contributed by atoms with Crippen molar-refractivity contribution in [2.45, 2.75) is 162 Å². The van der Waals surface area contributed by atoms with Crippen molar-refractivity contribution < 1.29 is 9.05 Å². The average molecular weight is 459 g/mol. The molecule has 188 valence electrons. The van der Waals surface area contributed by atoms with Gasteiger partial charge in [-0.1, -0.05) is 143 Å². The summed E-state index contributed by atoms with van der Waals surface area (Å²) in [4.78, 5) is 0. The van der Waals surface area contributed by atoms with Gasteiger partial charge in [0.15, 0.2) is 8.38 Å². The maximum absolute atomic E-state index is 6.22. The third-order valence-corrected chi connectivity index (χ3v) is 7.78. The van der Waals surface area contributed by atoms with Gasteiger partial charge in [-0.15, -0.1) is 0 Å². The van der Waals surface area contributed by atoms with E-state index >= 15 is 0 Å². The Morgan fingerprint density at radius 2 is 0.645 bits per heavy atom. The molecule has 3 heteroatoms. The van der Waals surface area contributed by atoms with Gasteiger partial charge in [0.2, 0.25) is 0 Å². The van der Waals surface area contributed by atoms with Crippen LogP contribution in [-0.2, 0) is 9.05 Å². The van der Waals surface area contributed by atoms with Crippen LogP contribution in [0.1, 0.15) is 162 Å². The lowest BCUT2D eigenvalue weighted by molar-refractivity contribution is 0.239. The molecule has 0 aliphatic carbocycles. The molecular formula is C28H59O2P. The van der Waals surface area contributed by atoms with Crippen LogP contribution in [0.4, 0.5) is 0 Å². The normalized spacial score (nSPS) is 12.5. The van der Waals surface area contributed by atoms with Crippen molar-refractivity contribution in [3.8, 4) is 0 Å². The Bertz CT molecular complexity index is 311. The van der Waals surface area contributed by atoms with E-state index in [1.165, 1.54) is 141 Å². The van der Waals surface area contributed by atoms with E-state index in [4.69, 9.17) is 9.05 Å². The fourth-order valence-electron chi connectivity index (χ4n) is 3.99. The Kier molecular flexibility index (Phi) is 28.7. The van der Waals surface area contributed by atoms with E-state index in [1.807, 2.05) is 0 Å². The Balaban J connectivity index is 3.74. The van der Waals surface area contributed by atoms with Crippen molar-refractivity contribution in [1.29, 1.82) is 0 Å². The second-order valence-electron chi connectivity index (χ2n) is 9.44. The van der Waals surface area contributed by atoms with Crippen molar-refractivity contribution in [3.05, 3.63) is 0 Å². The Morgan fingerprint density at radius 1 is 0.355 bits per heavy atom. The molecule has 1 atom stereocenters. The lowest BCUT2D eigenvalue weighted by atomic mass is 10.1. The monoisotopic (exact) mass is 458 g/mol. The van der Waals surface area contributed by atoms with Gasteiger partial charge < -0.3 is 9.05 Å². The van der Waals surface area contributed by atoms with E-state index in [-0.39, 0.29) is 0 Å². The quantitative estimate of drug-likeness (QED) is 0.0899. The standard InChI is InChI=1S/C28H59O2P/c1-4-7-10-13-15-17-19-21-24-27-30-31(29-26-23-12-9-6-3)28-25-22-20-18-16-14-11-8-5-2/h4-28H2,1-3H3. The lowest BCUT2D eigenvalue weighted by Gasteiger charge is -2.17. The summed E-state index contributed by atoms with van der Waals surface area (Å²) in [5.74, 6) is 0. The number of hydrogen-bond donors (Lipinski definition) is 0. The van der Waals surface area contributed by atoms with Crippen LogP contribution < -0.4 is 0 Å². The molecule has 0 aromatic heterocycles. The first-order valence-corrected chi connectivity index (χ1v) is 15.7. The molecule has 2 nitrogen and oxygen atoms in total. The predicted octanol–water partition coefficient (Wildman–Crippen LogP) is 11.0. The first kappa shape index (κ1) is 31.4. The highest BCUT2D eigenvalue weighted by Gasteiger charge is 2.10. The summed E-state index contributed by atoms with van der Waals surface area (Å²) in [5, 5.41) is 0. The molecule has 0 fully saturated rings. The van der Waals surface area contributed by atoms with Crippen LogP contribution in [0.25, 0.3) is 0 Å². The summed E-state index contributed by atoms with van der Waals surface area (Å²) < 4.78 is 12.4. The molecule has 0 radical (unpaired) electrons. The van der Waals surface area contributed by atoms with Crippen LogP contribution in [0, 0.1) is 0 Å². The molecule has 1 unspecified atom stereocenters. The lowest BCUT2D eigenvalue weighted by Crippen LogP contribution is -1.99. The third-order valence-electron chi connectivity index (χ3n) is 6.16. The first-order chi connectivity index (χ1) is 15.3. The van der Waals surface area contributed by atoms with Gasteiger partial charge in [-0.05, 0) is 19.3 Å². The maximum atomic E-state index is 6.22. The highest BCUT2D eigenvalue weighted by Crippen LogP contribution is 2.40. The van der Waals surface area contributed by atoms with Gasteiger partial charge in [0.05, 0.1) is 13.2 Å². The highest BCUT2D eigenvalue weighted by atomic mass is 31.2. The Labute approximate surface area is 198 Å². The summed E-state index contributed by atoms with van der Waals surface area (Å²) in [5.41, 5.74) is 0. The van der Waals surface area contributed by atoms with Crippen LogP contribution >= 0.6 is 8.38 Å². The minimum atomic E-state index is -0.649. The second-order valence-corrected chi connectivity index (χ2v) is 11.1. The molecule has 0 saturated heterocycles. The van der Waals surface area contributed by atoms with Gasteiger partial charge >= 0.3 is 0 Å². The molecular weight excluding hydrogens is 399 g/mol. The number of unbranched alkanes of at least 4 members (excludes halogenated alkanes) is 19. The summed E-state index contributed by atoms with van der Waals surface area (Å²) in [6, 6.07) is 0. The molecule has 0 spiro atoms. The zero-order chi connectivity index (χ0) is 22.7. The number of rotatable bonds is 27. The Morgan fingerprint density at radius 3 is 1.03 bits per heavy atom. The summed E-state index contributed by atoms with van der Waals surface area (Å²) in [7, 11) is -0.649. The van der Waals surface area contributed by atoms with Crippen LogP contribution in [0.3, 0.4) is 0 Å². The van der Waals surface area contributed by atoms with E-state index in [1.54, 1.807) is 0 Å². The predicted molar refractivity (Wildman–Crippen MR) is 142 cm³/mol. The van der Waals surface area contributed by atoms with E-state index in [0.717, 1.165) is 19.4 Å². The first-order valence-electron chi connectivity index (χ1n) is 14.4. The van der Waals surface area contributed by atoms with Crippen molar-refractivity contribution in [3.63, 3.8) is 0 Å². The molecule has 0 N–H and O–H groups in total. The maximum Gasteiger partial charge on any atom is 0.170 e. The largest absolute Gasteiger partial charge is 0.334 e. The molecule has 0 rings (SSSR count). The fourth-order valence-corrected chi connectivity index (χ4v) is 5.47. The van der Waals surface area contributed by atoms with E-state index in [0.29, 0.717) is 0 Å². The molecule has 0 bridgehead atoms. The van der Waals surface area contributed by atoms with Crippen molar-refractivity contribution in [2.24, 2.45) is 0 Å². The minimum Gasteiger partial charge on any atom is -0.334 e. The molecule has 0 aromatic carbocycles.